The van der Waals surface area contributed by atoms with Crippen LogP contribution in [0.15, 0.2) is 29.3 Å². The fraction of sp³-hybridized carbons (Fsp3) is 0.619. The molecule has 1 N–H and O–H groups in total. The summed E-state index contributed by atoms with van der Waals surface area (Å²) in [5.74, 6) is 2.07. The molecule has 1 aromatic rings. The number of rotatable bonds is 8. The molecular weight excluding hydrogens is 467 g/mol. The van der Waals surface area contributed by atoms with Gasteiger partial charge in [0.15, 0.2) is 5.96 Å². The number of aliphatic imine (C=N–C) groups is 1. The van der Waals surface area contributed by atoms with Crippen molar-refractivity contribution in [3.8, 4) is 5.75 Å². The number of nitrogens with zero attached hydrogens (tertiary/aromatic N) is 3. The number of amides is 1. The maximum Gasteiger partial charge on any atom is 0.222 e. The number of methoxy groups -OCH3 is 1. The molecule has 1 heterocycles. The Balaban J connectivity index is 0.00000392. The average molecular weight is 502 g/mol. The van der Waals surface area contributed by atoms with Crippen molar-refractivity contribution in [3.05, 3.63) is 29.8 Å². The zero-order valence-electron chi connectivity index (χ0n) is 17.4. The molecule has 1 aromatic carbocycles. The van der Waals surface area contributed by atoms with Crippen LogP contribution in [0.2, 0.25) is 0 Å². The van der Waals surface area contributed by atoms with Gasteiger partial charge in [0.2, 0.25) is 5.91 Å². The number of carbonyl (C=O) groups excluding carboxylic acids is 1. The Bertz CT molecular complexity index is 624. The van der Waals surface area contributed by atoms with Crippen molar-refractivity contribution in [1.82, 2.24) is 15.1 Å². The van der Waals surface area contributed by atoms with Gasteiger partial charge in [0, 0.05) is 51.8 Å². The number of carbonyl (C=O) groups is 1. The van der Waals surface area contributed by atoms with Crippen molar-refractivity contribution >= 4 is 35.8 Å². The molecule has 0 atom stereocenters. The molecule has 0 aromatic heterocycles. The van der Waals surface area contributed by atoms with Gasteiger partial charge in [0.05, 0.1) is 7.11 Å². The minimum absolute atomic E-state index is 0. The number of benzene rings is 1. The predicted molar refractivity (Wildman–Crippen MR) is 126 cm³/mol. The Morgan fingerprint density at radius 2 is 2.07 bits per heavy atom. The van der Waals surface area contributed by atoms with Gasteiger partial charge in [-0.25, -0.2) is 0 Å². The first kappa shape index (κ1) is 24.5. The lowest BCUT2D eigenvalue weighted by Crippen LogP contribution is -2.38. The third kappa shape index (κ3) is 7.85. The second kappa shape index (κ2) is 13.6. The Morgan fingerprint density at radius 1 is 1.29 bits per heavy atom. The van der Waals surface area contributed by atoms with E-state index < -0.39 is 0 Å². The second-order valence-corrected chi connectivity index (χ2v) is 6.95. The highest BCUT2D eigenvalue weighted by atomic mass is 127. The van der Waals surface area contributed by atoms with Gasteiger partial charge in [-0.05, 0) is 32.3 Å². The third-order valence-electron chi connectivity index (χ3n) is 4.82. The highest BCUT2D eigenvalue weighted by Gasteiger charge is 2.15. The van der Waals surface area contributed by atoms with E-state index in [4.69, 9.17) is 9.73 Å². The van der Waals surface area contributed by atoms with Gasteiger partial charge in [-0.3, -0.25) is 9.79 Å². The van der Waals surface area contributed by atoms with E-state index in [2.05, 4.69) is 23.2 Å². The van der Waals surface area contributed by atoms with Crippen LogP contribution in [0, 0.1) is 0 Å². The average Bonchev–Trinajstić information content (AvgIpc) is 2.88. The summed E-state index contributed by atoms with van der Waals surface area (Å²) < 4.78 is 5.45. The summed E-state index contributed by atoms with van der Waals surface area (Å²) in [4.78, 5) is 20.9. The van der Waals surface area contributed by atoms with E-state index in [1.165, 1.54) is 6.42 Å². The van der Waals surface area contributed by atoms with Crippen molar-refractivity contribution in [2.75, 3.05) is 40.3 Å². The summed E-state index contributed by atoms with van der Waals surface area (Å²) in [7, 11) is 3.73. The molecule has 1 aliphatic rings. The van der Waals surface area contributed by atoms with E-state index >= 15 is 0 Å². The monoisotopic (exact) mass is 502 g/mol. The highest BCUT2D eigenvalue weighted by Crippen LogP contribution is 2.18. The van der Waals surface area contributed by atoms with Gasteiger partial charge in [-0.2, -0.15) is 0 Å². The van der Waals surface area contributed by atoms with Crippen LogP contribution in [0.25, 0.3) is 0 Å². The first-order chi connectivity index (χ1) is 13.2. The lowest BCUT2D eigenvalue weighted by molar-refractivity contribution is -0.130. The van der Waals surface area contributed by atoms with Gasteiger partial charge in [0.1, 0.15) is 5.75 Å². The fourth-order valence-corrected chi connectivity index (χ4v) is 3.36. The molecule has 1 amide bonds. The van der Waals surface area contributed by atoms with Crippen molar-refractivity contribution in [1.29, 1.82) is 0 Å². The quantitative estimate of drug-likeness (QED) is 0.256. The van der Waals surface area contributed by atoms with Crippen molar-refractivity contribution in [2.24, 2.45) is 4.99 Å². The molecule has 0 saturated carbocycles. The molecule has 1 saturated heterocycles. The second-order valence-electron chi connectivity index (χ2n) is 6.95. The number of nitrogens with one attached hydrogen (secondary N) is 1. The molecule has 0 aliphatic carbocycles. The fourth-order valence-electron chi connectivity index (χ4n) is 3.36. The van der Waals surface area contributed by atoms with Crippen LogP contribution in [0.1, 0.15) is 44.6 Å². The van der Waals surface area contributed by atoms with Crippen molar-refractivity contribution in [2.45, 2.75) is 45.6 Å². The summed E-state index contributed by atoms with van der Waals surface area (Å²) in [6, 6.07) is 8.05. The van der Waals surface area contributed by atoms with Crippen molar-refractivity contribution in [3.63, 3.8) is 0 Å². The number of halogens is 1. The minimum Gasteiger partial charge on any atom is -0.496 e. The summed E-state index contributed by atoms with van der Waals surface area (Å²) in [5.41, 5.74) is 1.13. The lowest BCUT2D eigenvalue weighted by Gasteiger charge is -2.23. The number of hydrogen-bond donors (Lipinski definition) is 1. The van der Waals surface area contributed by atoms with Gasteiger partial charge >= 0.3 is 0 Å². The Hall–Kier alpha value is -1.51. The molecule has 0 bridgehead atoms. The van der Waals surface area contributed by atoms with E-state index in [0.717, 1.165) is 62.7 Å². The molecule has 0 unspecified atom stereocenters. The number of para-hydroxylation sites is 1. The highest BCUT2D eigenvalue weighted by molar-refractivity contribution is 14.0. The van der Waals surface area contributed by atoms with Crippen LogP contribution < -0.4 is 10.1 Å². The number of likely N-dealkylation sites (tertiary alicyclic amines) is 1. The van der Waals surface area contributed by atoms with Crippen LogP contribution in [-0.2, 0) is 11.3 Å². The van der Waals surface area contributed by atoms with E-state index in [9.17, 15) is 4.79 Å². The molecular formula is C21H35IN4O2. The van der Waals surface area contributed by atoms with E-state index in [-0.39, 0.29) is 24.0 Å². The smallest absolute Gasteiger partial charge is 0.222 e. The summed E-state index contributed by atoms with van der Waals surface area (Å²) in [6.45, 7) is 6.03. The lowest BCUT2D eigenvalue weighted by atomic mass is 10.2. The Kier molecular flexibility index (Phi) is 11.9. The first-order valence-electron chi connectivity index (χ1n) is 10.0. The van der Waals surface area contributed by atoms with Crippen LogP contribution in [-0.4, -0.2) is 62.0 Å². The Morgan fingerprint density at radius 3 is 2.82 bits per heavy atom. The normalized spacial score (nSPS) is 14.9. The predicted octanol–water partition coefficient (Wildman–Crippen LogP) is 3.50. The van der Waals surface area contributed by atoms with Gasteiger partial charge < -0.3 is 19.9 Å². The van der Waals surface area contributed by atoms with Crippen LogP contribution >= 0.6 is 24.0 Å². The molecule has 1 aliphatic heterocycles. The van der Waals surface area contributed by atoms with Crippen LogP contribution in [0.3, 0.4) is 0 Å². The van der Waals surface area contributed by atoms with E-state index in [1.807, 2.05) is 30.1 Å². The maximum absolute atomic E-state index is 12.1. The number of hydrogen-bond acceptors (Lipinski definition) is 3. The number of guanidine groups is 1. The third-order valence-corrected chi connectivity index (χ3v) is 4.82. The zero-order valence-corrected chi connectivity index (χ0v) is 19.8. The van der Waals surface area contributed by atoms with Crippen molar-refractivity contribution < 1.29 is 9.53 Å². The standard InChI is InChI=1S/C21H34N4O2.HI/c1-4-22-21(24(2)17-18-11-7-8-12-19(18)27-3)23-14-10-16-25-15-9-5-6-13-20(25)26;/h7-8,11-12H,4-6,9-10,13-17H2,1-3H3,(H,22,23);1H. The summed E-state index contributed by atoms with van der Waals surface area (Å²) in [5, 5.41) is 3.35. The first-order valence-corrected chi connectivity index (χ1v) is 10.0. The minimum atomic E-state index is 0. The molecule has 1 fully saturated rings. The van der Waals surface area contributed by atoms with Gasteiger partial charge in [0.25, 0.3) is 0 Å². The summed E-state index contributed by atoms with van der Waals surface area (Å²) >= 11 is 0. The summed E-state index contributed by atoms with van der Waals surface area (Å²) in [6.07, 6.45) is 4.92. The molecule has 0 spiro atoms. The topological polar surface area (TPSA) is 57.2 Å². The molecule has 2 rings (SSSR count). The van der Waals surface area contributed by atoms with E-state index in [0.29, 0.717) is 18.9 Å². The maximum atomic E-state index is 12.1. The Labute approximate surface area is 186 Å². The van der Waals surface area contributed by atoms with E-state index in [1.54, 1.807) is 7.11 Å². The van der Waals surface area contributed by atoms with Gasteiger partial charge in [-0.1, -0.05) is 24.6 Å². The molecule has 0 radical (unpaired) electrons. The molecule has 6 nitrogen and oxygen atoms in total. The SMILES string of the molecule is CCNC(=NCCCN1CCCCCC1=O)N(C)Cc1ccccc1OC.I. The molecule has 28 heavy (non-hydrogen) atoms. The largest absolute Gasteiger partial charge is 0.496 e. The van der Waals surface area contributed by atoms with Gasteiger partial charge in [-0.15, -0.1) is 24.0 Å². The molecule has 158 valence electrons. The molecule has 7 heteroatoms. The number of ether oxygens (including phenoxy) is 1. The van der Waals surface area contributed by atoms with Crippen LogP contribution in [0.5, 0.6) is 5.75 Å². The zero-order chi connectivity index (χ0) is 19.5. The van der Waals surface area contributed by atoms with Crippen LogP contribution in [0.4, 0.5) is 0 Å².